The van der Waals surface area contributed by atoms with Crippen molar-refractivity contribution in [2.75, 3.05) is 0 Å². The zero-order valence-corrected chi connectivity index (χ0v) is 17.3. The van der Waals surface area contributed by atoms with Gasteiger partial charge < -0.3 is 5.11 Å². The lowest BCUT2D eigenvalue weighted by atomic mass is 9.76. The summed E-state index contributed by atoms with van der Waals surface area (Å²) in [5, 5.41) is 13.7. The predicted octanol–water partition coefficient (Wildman–Crippen LogP) is 5.74. The molecule has 2 heterocycles. The van der Waals surface area contributed by atoms with Crippen molar-refractivity contribution in [1.29, 1.82) is 0 Å². The van der Waals surface area contributed by atoms with Gasteiger partial charge in [0.05, 0.1) is 22.4 Å². The first-order valence-corrected chi connectivity index (χ1v) is 10.1. The lowest BCUT2D eigenvalue weighted by molar-refractivity contribution is -0.137. The molecule has 0 saturated heterocycles. The molecule has 0 amide bonds. The van der Waals surface area contributed by atoms with Crippen LogP contribution < -0.4 is 0 Å². The van der Waals surface area contributed by atoms with Crippen molar-refractivity contribution in [3.05, 3.63) is 59.7 Å². The molecular formula is C23H24F4N2O2. The Labute approximate surface area is 177 Å². The van der Waals surface area contributed by atoms with E-state index in [1.165, 1.54) is 35.0 Å². The SMILES string of the molecule is CCC(=O)CC1(O)CCC1.Cc1nn2ccc(C(F)(F)F)cc2c1-c1ccc(F)cc1. The normalized spacial score (nSPS) is 15.2. The van der Waals surface area contributed by atoms with Gasteiger partial charge in [0, 0.05) is 24.6 Å². The van der Waals surface area contributed by atoms with Crippen LogP contribution in [0, 0.1) is 12.7 Å². The van der Waals surface area contributed by atoms with Gasteiger partial charge in [0.25, 0.3) is 0 Å². The van der Waals surface area contributed by atoms with Crippen molar-refractivity contribution in [3.8, 4) is 11.1 Å². The molecule has 0 aliphatic heterocycles. The second-order valence-electron chi connectivity index (χ2n) is 7.86. The lowest BCUT2D eigenvalue weighted by Crippen LogP contribution is -2.38. The van der Waals surface area contributed by atoms with Gasteiger partial charge in [0.2, 0.25) is 0 Å². The molecule has 1 aromatic carbocycles. The number of aliphatic hydroxyl groups is 1. The van der Waals surface area contributed by atoms with Crippen molar-refractivity contribution in [3.63, 3.8) is 0 Å². The van der Waals surface area contributed by atoms with Crippen molar-refractivity contribution in [1.82, 2.24) is 9.61 Å². The maximum absolute atomic E-state index is 13.0. The number of ketones is 1. The van der Waals surface area contributed by atoms with Gasteiger partial charge in [0.15, 0.2) is 0 Å². The predicted molar refractivity (Wildman–Crippen MR) is 109 cm³/mol. The monoisotopic (exact) mass is 436 g/mol. The summed E-state index contributed by atoms with van der Waals surface area (Å²) in [6.07, 6.45) is 0.509. The summed E-state index contributed by atoms with van der Waals surface area (Å²) in [5.74, 6) is -0.217. The van der Waals surface area contributed by atoms with E-state index in [-0.39, 0.29) is 5.78 Å². The standard InChI is InChI=1S/C15H10F4N2.C8H14O2/c1-9-14(10-2-4-12(16)5-3-10)13-8-11(15(17,18)19)6-7-21(13)20-9;1-2-7(9)6-8(10)4-3-5-8/h2-8H,1H3;10H,2-6H2,1H3. The molecule has 4 nitrogen and oxygen atoms in total. The molecule has 2 aromatic heterocycles. The van der Waals surface area contributed by atoms with E-state index in [4.69, 9.17) is 0 Å². The molecule has 4 rings (SSSR count). The minimum Gasteiger partial charge on any atom is -0.389 e. The summed E-state index contributed by atoms with van der Waals surface area (Å²) in [6, 6.07) is 7.63. The maximum Gasteiger partial charge on any atom is 0.416 e. The zero-order chi connectivity index (χ0) is 22.8. The van der Waals surface area contributed by atoms with E-state index >= 15 is 0 Å². The van der Waals surface area contributed by atoms with E-state index in [9.17, 15) is 27.5 Å². The van der Waals surface area contributed by atoms with Gasteiger partial charge in [-0.2, -0.15) is 18.3 Å². The highest BCUT2D eigenvalue weighted by atomic mass is 19.4. The molecule has 0 radical (unpaired) electrons. The van der Waals surface area contributed by atoms with Crippen molar-refractivity contribution < 1.29 is 27.5 Å². The third-order valence-corrected chi connectivity index (χ3v) is 5.48. The van der Waals surface area contributed by atoms with Crippen LogP contribution in [0.5, 0.6) is 0 Å². The molecule has 166 valence electrons. The topological polar surface area (TPSA) is 54.6 Å². The van der Waals surface area contributed by atoms with Gasteiger partial charge in [-0.25, -0.2) is 8.91 Å². The number of aromatic nitrogens is 2. The number of alkyl halides is 3. The Morgan fingerprint density at radius 3 is 2.35 bits per heavy atom. The smallest absolute Gasteiger partial charge is 0.389 e. The van der Waals surface area contributed by atoms with Gasteiger partial charge >= 0.3 is 6.18 Å². The van der Waals surface area contributed by atoms with Crippen LogP contribution in [0.1, 0.15) is 50.3 Å². The number of Topliss-reactive ketones (excluding diaryl/α,β-unsaturated/α-hetero) is 1. The minimum absolute atomic E-state index is 0.183. The Morgan fingerprint density at radius 1 is 1.19 bits per heavy atom. The number of halogens is 4. The molecule has 8 heteroatoms. The highest BCUT2D eigenvalue weighted by molar-refractivity contribution is 5.82. The third-order valence-electron chi connectivity index (χ3n) is 5.48. The number of aryl methyl sites for hydroxylation is 1. The van der Waals surface area contributed by atoms with Gasteiger partial charge in [0.1, 0.15) is 11.6 Å². The van der Waals surface area contributed by atoms with E-state index in [1.54, 1.807) is 6.92 Å². The van der Waals surface area contributed by atoms with Gasteiger partial charge in [-0.15, -0.1) is 0 Å². The molecular weight excluding hydrogens is 412 g/mol. The van der Waals surface area contributed by atoms with Crippen LogP contribution in [-0.4, -0.2) is 26.1 Å². The molecule has 0 spiro atoms. The second kappa shape index (κ2) is 8.78. The van der Waals surface area contributed by atoms with E-state index in [1.807, 2.05) is 6.92 Å². The molecule has 3 aromatic rings. The van der Waals surface area contributed by atoms with Crippen molar-refractivity contribution in [2.45, 2.75) is 57.7 Å². The molecule has 1 aliphatic carbocycles. The average Bonchev–Trinajstić information content (AvgIpc) is 3.02. The van der Waals surface area contributed by atoms with Crippen LogP contribution in [0.15, 0.2) is 42.6 Å². The second-order valence-corrected chi connectivity index (χ2v) is 7.86. The number of pyridine rings is 1. The van der Waals surface area contributed by atoms with Crippen LogP contribution in [0.4, 0.5) is 17.6 Å². The van der Waals surface area contributed by atoms with Crippen LogP contribution in [0.2, 0.25) is 0 Å². The largest absolute Gasteiger partial charge is 0.416 e. The number of carbonyl (C=O) groups excluding carboxylic acids is 1. The number of benzene rings is 1. The summed E-state index contributed by atoms with van der Waals surface area (Å²) in [6.45, 7) is 3.54. The Morgan fingerprint density at radius 2 is 1.84 bits per heavy atom. The molecule has 31 heavy (non-hydrogen) atoms. The van der Waals surface area contributed by atoms with Crippen LogP contribution in [0.25, 0.3) is 16.6 Å². The summed E-state index contributed by atoms with van der Waals surface area (Å²) in [5.41, 5.74) is 0.782. The van der Waals surface area contributed by atoms with E-state index in [0.29, 0.717) is 35.2 Å². The average molecular weight is 436 g/mol. The fraction of sp³-hybridized carbons (Fsp3) is 0.391. The molecule has 0 bridgehead atoms. The summed E-state index contributed by atoms with van der Waals surface area (Å²) < 4.78 is 52.9. The molecule has 1 fully saturated rings. The van der Waals surface area contributed by atoms with Gasteiger partial charge in [-0.3, -0.25) is 4.79 Å². The van der Waals surface area contributed by atoms with Crippen molar-refractivity contribution in [2.24, 2.45) is 0 Å². The van der Waals surface area contributed by atoms with E-state index in [0.717, 1.165) is 31.4 Å². The number of rotatable bonds is 4. The Hall–Kier alpha value is -2.74. The third kappa shape index (κ3) is 5.31. The minimum atomic E-state index is -4.42. The first-order chi connectivity index (χ1) is 14.5. The summed E-state index contributed by atoms with van der Waals surface area (Å²) in [7, 11) is 0. The Kier molecular flexibility index (Phi) is 6.50. The van der Waals surface area contributed by atoms with Crippen molar-refractivity contribution >= 4 is 11.3 Å². The maximum atomic E-state index is 13.0. The summed E-state index contributed by atoms with van der Waals surface area (Å²) in [4.78, 5) is 10.9. The molecule has 0 unspecified atom stereocenters. The lowest BCUT2D eigenvalue weighted by Gasteiger charge is -2.35. The molecule has 1 N–H and O–H groups in total. The first kappa shape index (κ1) is 22.9. The fourth-order valence-electron chi connectivity index (χ4n) is 3.57. The van der Waals surface area contributed by atoms with E-state index in [2.05, 4.69) is 5.10 Å². The number of fused-ring (bicyclic) bond motifs is 1. The van der Waals surface area contributed by atoms with Crippen LogP contribution >= 0.6 is 0 Å². The van der Waals surface area contributed by atoms with Gasteiger partial charge in [-0.1, -0.05) is 19.1 Å². The van der Waals surface area contributed by atoms with Gasteiger partial charge in [-0.05, 0) is 56.0 Å². The molecule has 1 saturated carbocycles. The quantitative estimate of drug-likeness (QED) is 0.531. The van der Waals surface area contributed by atoms with Crippen LogP contribution in [0.3, 0.4) is 0 Å². The number of hydrogen-bond acceptors (Lipinski definition) is 3. The Balaban J connectivity index is 0.000000229. The first-order valence-electron chi connectivity index (χ1n) is 10.1. The summed E-state index contributed by atoms with van der Waals surface area (Å²) >= 11 is 0. The van der Waals surface area contributed by atoms with Crippen LogP contribution in [-0.2, 0) is 11.0 Å². The molecule has 1 aliphatic rings. The molecule has 0 atom stereocenters. The number of carbonyl (C=O) groups is 1. The highest BCUT2D eigenvalue weighted by Gasteiger charge is 2.35. The number of hydrogen-bond donors (Lipinski definition) is 1. The highest BCUT2D eigenvalue weighted by Crippen LogP contribution is 2.35. The Bertz CT molecular complexity index is 1070. The number of nitrogens with zero attached hydrogens (tertiary/aromatic N) is 2. The van der Waals surface area contributed by atoms with E-state index < -0.39 is 23.2 Å². The zero-order valence-electron chi connectivity index (χ0n) is 17.3. The fourth-order valence-corrected chi connectivity index (χ4v) is 3.57.